The van der Waals surface area contributed by atoms with E-state index in [9.17, 15) is 22.0 Å². The standard InChI is InChI=1S/C3H2F4.C2H3F/c4-2-1-3(5,6)7;1-2-3/h1-2H;2H,1H2. The lowest BCUT2D eigenvalue weighted by Crippen LogP contribution is -1.99. The monoisotopic (exact) mass is 160 g/mol. The number of allylic oxidation sites excluding steroid dienone is 1. The maximum Gasteiger partial charge on any atom is 0.411 e. The molecule has 10 heavy (non-hydrogen) atoms. The molecular formula is C5H5F5. The first kappa shape index (κ1) is 11.9. The van der Waals surface area contributed by atoms with Gasteiger partial charge in [-0.3, -0.25) is 0 Å². The predicted octanol–water partition coefficient (Wildman–Crippen LogP) is 3.13. The zero-order valence-corrected chi connectivity index (χ0v) is 4.83. The molecule has 0 atom stereocenters. The molecule has 0 rings (SSSR count). The third-order valence-electron chi connectivity index (χ3n) is 0.252. The van der Waals surface area contributed by atoms with Crippen molar-refractivity contribution in [1.29, 1.82) is 0 Å². The van der Waals surface area contributed by atoms with E-state index in [1.807, 2.05) is 0 Å². The first-order valence-electron chi connectivity index (χ1n) is 2.03. The molecule has 0 saturated heterocycles. The maximum atomic E-state index is 10.7. The molecule has 0 aromatic heterocycles. The molecule has 0 fully saturated rings. The lowest BCUT2D eigenvalue weighted by Gasteiger charge is -1.92. The topological polar surface area (TPSA) is 0 Å². The lowest BCUT2D eigenvalue weighted by atomic mass is 10.6. The van der Waals surface area contributed by atoms with Crippen molar-refractivity contribution in [2.75, 3.05) is 0 Å². The van der Waals surface area contributed by atoms with E-state index in [0.29, 0.717) is 0 Å². The van der Waals surface area contributed by atoms with Crippen LogP contribution in [0.25, 0.3) is 0 Å². The van der Waals surface area contributed by atoms with Crippen LogP contribution in [0.4, 0.5) is 22.0 Å². The van der Waals surface area contributed by atoms with Crippen molar-refractivity contribution in [3.63, 3.8) is 0 Å². The van der Waals surface area contributed by atoms with Crippen molar-refractivity contribution in [2.24, 2.45) is 0 Å². The van der Waals surface area contributed by atoms with Crippen LogP contribution in [0.5, 0.6) is 0 Å². The van der Waals surface area contributed by atoms with E-state index < -0.39 is 18.6 Å². The van der Waals surface area contributed by atoms with E-state index in [2.05, 4.69) is 6.58 Å². The SMILES string of the molecule is C=CF.FC=CC(F)(F)F. The molecule has 0 aliphatic heterocycles. The van der Waals surface area contributed by atoms with Crippen molar-refractivity contribution >= 4 is 0 Å². The highest BCUT2D eigenvalue weighted by molar-refractivity contribution is 4.80. The Hall–Kier alpha value is -0.870. The summed E-state index contributed by atoms with van der Waals surface area (Å²) in [7, 11) is 0. The molecule has 0 amide bonds. The fourth-order valence-corrected chi connectivity index (χ4v) is 0.0714. The molecule has 0 aromatic carbocycles. The lowest BCUT2D eigenvalue weighted by molar-refractivity contribution is -0.0805. The summed E-state index contributed by atoms with van der Waals surface area (Å²) in [6, 6.07) is 0. The highest BCUT2D eigenvalue weighted by Gasteiger charge is 2.21. The summed E-state index contributed by atoms with van der Waals surface area (Å²) in [6.45, 7) is 2.69. The van der Waals surface area contributed by atoms with E-state index in [4.69, 9.17) is 0 Å². The molecule has 0 bridgehead atoms. The maximum absolute atomic E-state index is 10.7. The van der Waals surface area contributed by atoms with E-state index in [0.717, 1.165) is 0 Å². The predicted molar refractivity (Wildman–Crippen MR) is 27.6 cm³/mol. The summed E-state index contributed by atoms with van der Waals surface area (Å²) in [5, 5.41) is 0. The van der Waals surface area contributed by atoms with Crippen molar-refractivity contribution in [2.45, 2.75) is 6.18 Å². The molecule has 0 spiro atoms. The van der Waals surface area contributed by atoms with E-state index in [1.54, 1.807) is 0 Å². The summed E-state index contributed by atoms with van der Waals surface area (Å²) in [6.07, 6.45) is -5.28. The third kappa shape index (κ3) is 27.3. The molecule has 0 aliphatic carbocycles. The van der Waals surface area contributed by atoms with Crippen LogP contribution in [-0.4, -0.2) is 6.18 Å². The van der Waals surface area contributed by atoms with Crippen LogP contribution in [0, 0.1) is 0 Å². The first-order chi connectivity index (χ1) is 4.47. The minimum atomic E-state index is -4.51. The van der Waals surface area contributed by atoms with Crippen LogP contribution in [0.15, 0.2) is 25.3 Å². The average Bonchev–Trinajstić information content (AvgIpc) is 1.63. The molecule has 0 aliphatic rings. The van der Waals surface area contributed by atoms with Crippen molar-refractivity contribution in [3.8, 4) is 0 Å². The zero-order valence-electron chi connectivity index (χ0n) is 4.83. The van der Waals surface area contributed by atoms with Crippen LogP contribution < -0.4 is 0 Å². The van der Waals surface area contributed by atoms with Gasteiger partial charge in [0.15, 0.2) is 0 Å². The van der Waals surface area contributed by atoms with Gasteiger partial charge in [-0.1, -0.05) is 6.58 Å². The van der Waals surface area contributed by atoms with Gasteiger partial charge in [0, 0.05) is 6.08 Å². The number of halogens is 5. The summed E-state index contributed by atoms with van der Waals surface area (Å²) in [4.78, 5) is 0. The number of hydrogen-bond acceptors (Lipinski definition) is 0. The Balaban J connectivity index is 0. The smallest absolute Gasteiger partial charge is 0.216 e. The van der Waals surface area contributed by atoms with Gasteiger partial charge in [0.1, 0.15) is 0 Å². The Morgan fingerprint density at radius 1 is 1.10 bits per heavy atom. The largest absolute Gasteiger partial charge is 0.411 e. The van der Waals surface area contributed by atoms with Gasteiger partial charge in [0.25, 0.3) is 0 Å². The average molecular weight is 160 g/mol. The number of alkyl halides is 3. The van der Waals surface area contributed by atoms with Gasteiger partial charge < -0.3 is 0 Å². The van der Waals surface area contributed by atoms with E-state index in [-0.39, 0.29) is 6.33 Å². The number of rotatable bonds is 0. The molecule has 60 valence electrons. The summed E-state index contributed by atoms with van der Waals surface area (Å²) >= 11 is 0. The Morgan fingerprint density at radius 2 is 1.40 bits per heavy atom. The van der Waals surface area contributed by atoms with Gasteiger partial charge in [0.05, 0.1) is 12.7 Å². The van der Waals surface area contributed by atoms with Gasteiger partial charge in [-0.05, 0) is 0 Å². The minimum absolute atomic E-state index is 0.250. The van der Waals surface area contributed by atoms with Crippen LogP contribution >= 0.6 is 0 Å². The van der Waals surface area contributed by atoms with Crippen molar-refractivity contribution < 1.29 is 22.0 Å². The number of hydrogen-bond donors (Lipinski definition) is 0. The highest BCUT2D eigenvalue weighted by Crippen LogP contribution is 2.15. The molecule has 0 saturated carbocycles. The molecule has 5 heteroatoms. The zero-order chi connectivity index (χ0) is 8.62. The second kappa shape index (κ2) is 6.25. The second-order valence-corrected chi connectivity index (χ2v) is 0.989. The Kier molecular flexibility index (Phi) is 7.42. The molecule has 0 nitrogen and oxygen atoms in total. The van der Waals surface area contributed by atoms with Gasteiger partial charge in [-0.25, -0.2) is 8.78 Å². The molecule has 0 heterocycles. The van der Waals surface area contributed by atoms with Crippen LogP contribution in [0.1, 0.15) is 0 Å². The van der Waals surface area contributed by atoms with Gasteiger partial charge >= 0.3 is 6.18 Å². The highest BCUT2D eigenvalue weighted by atomic mass is 19.4. The minimum Gasteiger partial charge on any atom is -0.216 e. The van der Waals surface area contributed by atoms with Gasteiger partial charge in [-0.2, -0.15) is 13.2 Å². The van der Waals surface area contributed by atoms with Gasteiger partial charge in [0.2, 0.25) is 0 Å². The molecule has 0 radical (unpaired) electrons. The van der Waals surface area contributed by atoms with Crippen LogP contribution in [-0.2, 0) is 0 Å². The van der Waals surface area contributed by atoms with Gasteiger partial charge in [-0.15, -0.1) is 0 Å². The quantitative estimate of drug-likeness (QED) is 0.477. The molecular weight excluding hydrogens is 155 g/mol. The summed E-state index contributed by atoms with van der Waals surface area (Å²) < 4.78 is 52.8. The van der Waals surface area contributed by atoms with E-state index in [1.165, 1.54) is 0 Å². The van der Waals surface area contributed by atoms with Crippen LogP contribution in [0.3, 0.4) is 0 Å². The fraction of sp³-hybridized carbons (Fsp3) is 0.200. The third-order valence-corrected chi connectivity index (χ3v) is 0.252. The van der Waals surface area contributed by atoms with Crippen molar-refractivity contribution in [3.05, 3.63) is 25.3 Å². The first-order valence-corrected chi connectivity index (χ1v) is 2.03. The summed E-state index contributed by atoms with van der Waals surface area (Å²) in [5.41, 5.74) is 0. The van der Waals surface area contributed by atoms with E-state index >= 15 is 0 Å². The van der Waals surface area contributed by atoms with Crippen molar-refractivity contribution in [1.82, 2.24) is 0 Å². The summed E-state index contributed by atoms with van der Waals surface area (Å²) in [5.74, 6) is 0. The fourth-order valence-electron chi connectivity index (χ4n) is 0.0714. The Bertz CT molecular complexity index is 101. The molecule has 0 aromatic rings. The van der Waals surface area contributed by atoms with Crippen LogP contribution in [0.2, 0.25) is 0 Å². The molecule has 0 N–H and O–H groups in total. The second-order valence-electron chi connectivity index (χ2n) is 0.989. The Labute approximate surface area is 54.7 Å². The molecule has 0 unspecified atom stereocenters. The Morgan fingerprint density at radius 3 is 1.40 bits per heavy atom. The normalized spacial score (nSPS) is 10.5.